The first-order valence-electron chi connectivity index (χ1n) is 5.72. The zero-order valence-corrected chi connectivity index (χ0v) is 10.9. The number of rotatable bonds is 3. The van der Waals surface area contributed by atoms with Crippen LogP contribution in [0.5, 0.6) is 0 Å². The highest BCUT2D eigenvalue weighted by atomic mass is 35.5. The summed E-state index contributed by atoms with van der Waals surface area (Å²) in [6.45, 7) is 5.20. The molecule has 1 aliphatic rings. The van der Waals surface area contributed by atoms with E-state index in [0.717, 1.165) is 25.9 Å². The molecule has 0 aromatic heterocycles. The molecule has 2 unspecified atom stereocenters. The first-order chi connectivity index (χ1) is 7.00. The zero-order chi connectivity index (χ0) is 11.4. The third-order valence-electron chi connectivity index (χ3n) is 3.07. The first kappa shape index (κ1) is 15.7. The SMILES string of the molecule is CC(N)CC(=O)N1CCC(C(C)O)CC1.Cl. The van der Waals surface area contributed by atoms with Crippen molar-refractivity contribution in [3.63, 3.8) is 0 Å². The highest BCUT2D eigenvalue weighted by Crippen LogP contribution is 2.20. The topological polar surface area (TPSA) is 66.6 Å². The summed E-state index contributed by atoms with van der Waals surface area (Å²) in [4.78, 5) is 13.5. The predicted octanol–water partition coefficient (Wildman–Crippen LogP) is 0.765. The highest BCUT2D eigenvalue weighted by molar-refractivity contribution is 5.85. The standard InChI is InChI=1S/C11H22N2O2.ClH/c1-8(12)7-11(15)13-5-3-10(4-6-13)9(2)14;/h8-10,14H,3-7,12H2,1-2H3;1H. The van der Waals surface area contributed by atoms with Crippen LogP contribution in [0, 0.1) is 5.92 Å². The number of aliphatic hydroxyl groups excluding tert-OH is 1. The Kier molecular flexibility index (Phi) is 6.95. The van der Waals surface area contributed by atoms with Crippen LogP contribution in [0.2, 0.25) is 0 Å². The Morgan fingerprint density at radius 1 is 1.44 bits per heavy atom. The van der Waals surface area contributed by atoms with E-state index in [2.05, 4.69) is 0 Å². The summed E-state index contributed by atoms with van der Waals surface area (Å²) in [7, 11) is 0. The molecule has 0 aromatic rings. The number of halogens is 1. The molecule has 1 rings (SSSR count). The summed E-state index contributed by atoms with van der Waals surface area (Å²) in [5.74, 6) is 0.499. The van der Waals surface area contributed by atoms with Gasteiger partial charge >= 0.3 is 0 Å². The van der Waals surface area contributed by atoms with Crippen molar-refractivity contribution >= 4 is 18.3 Å². The lowest BCUT2D eigenvalue weighted by atomic mass is 9.92. The maximum atomic E-state index is 11.7. The predicted molar refractivity (Wildman–Crippen MR) is 66.5 cm³/mol. The van der Waals surface area contributed by atoms with Crippen LogP contribution in [0.4, 0.5) is 0 Å². The van der Waals surface area contributed by atoms with Gasteiger partial charge in [-0.2, -0.15) is 0 Å². The van der Waals surface area contributed by atoms with Crippen molar-refractivity contribution in [1.29, 1.82) is 0 Å². The van der Waals surface area contributed by atoms with E-state index in [1.165, 1.54) is 0 Å². The molecule has 96 valence electrons. The Labute approximate surface area is 104 Å². The van der Waals surface area contributed by atoms with Crippen molar-refractivity contribution in [1.82, 2.24) is 4.90 Å². The minimum Gasteiger partial charge on any atom is -0.393 e. The molecule has 0 radical (unpaired) electrons. The van der Waals surface area contributed by atoms with Gasteiger partial charge in [0.2, 0.25) is 5.91 Å². The molecule has 0 saturated carbocycles. The normalized spacial score (nSPS) is 21.1. The third kappa shape index (κ3) is 4.68. The Hall–Kier alpha value is -0.320. The van der Waals surface area contributed by atoms with Gasteiger partial charge in [0.05, 0.1) is 6.10 Å². The summed E-state index contributed by atoms with van der Waals surface area (Å²) >= 11 is 0. The number of piperidine rings is 1. The fraction of sp³-hybridized carbons (Fsp3) is 0.909. The largest absolute Gasteiger partial charge is 0.393 e. The minimum atomic E-state index is -0.254. The number of carbonyl (C=O) groups excluding carboxylic acids is 1. The zero-order valence-electron chi connectivity index (χ0n) is 10.1. The number of carbonyl (C=O) groups is 1. The summed E-state index contributed by atoms with van der Waals surface area (Å²) in [6, 6.07) is -0.0630. The van der Waals surface area contributed by atoms with Gasteiger partial charge in [0.25, 0.3) is 0 Å². The quantitative estimate of drug-likeness (QED) is 0.778. The number of aliphatic hydroxyl groups is 1. The molecule has 5 heteroatoms. The number of hydrogen-bond donors (Lipinski definition) is 2. The van der Waals surface area contributed by atoms with E-state index >= 15 is 0 Å². The molecule has 0 spiro atoms. The summed E-state index contributed by atoms with van der Waals surface area (Å²) in [6.07, 6.45) is 1.99. The lowest BCUT2D eigenvalue weighted by molar-refractivity contribution is -0.133. The molecule has 1 amide bonds. The number of hydrogen-bond acceptors (Lipinski definition) is 3. The van der Waals surface area contributed by atoms with Crippen LogP contribution in [0.15, 0.2) is 0 Å². The number of amides is 1. The van der Waals surface area contributed by atoms with Gasteiger partial charge in [0.15, 0.2) is 0 Å². The molecule has 1 fully saturated rings. The van der Waals surface area contributed by atoms with Crippen LogP contribution in [-0.4, -0.2) is 41.1 Å². The maximum Gasteiger partial charge on any atom is 0.224 e. The summed E-state index contributed by atoms with van der Waals surface area (Å²) in [5.41, 5.74) is 5.59. The van der Waals surface area contributed by atoms with Crippen molar-refractivity contribution in [2.75, 3.05) is 13.1 Å². The first-order valence-corrected chi connectivity index (χ1v) is 5.72. The maximum absolute atomic E-state index is 11.7. The monoisotopic (exact) mass is 250 g/mol. The van der Waals surface area contributed by atoms with E-state index in [-0.39, 0.29) is 30.5 Å². The smallest absolute Gasteiger partial charge is 0.224 e. The average Bonchev–Trinajstić information content (AvgIpc) is 2.17. The van der Waals surface area contributed by atoms with Crippen LogP contribution >= 0.6 is 12.4 Å². The van der Waals surface area contributed by atoms with Crippen molar-refractivity contribution < 1.29 is 9.90 Å². The summed E-state index contributed by atoms with van der Waals surface area (Å²) < 4.78 is 0. The molecule has 4 nitrogen and oxygen atoms in total. The molecule has 1 saturated heterocycles. The molecule has 1 aliphatic heterocycles. The third-order valence-corrected chi connectivity index (χ3v) is 3.07. The van der Waals surface area contributed by atoms with Crippen molar-refractivity contribution in [2.45, 2.75) is 45.3 Å². The van der Waals surface area contributed by atoms with Gasteiger partial charge in [0.1, 0.15) is 0 Å². The Bertz CT molecular complexity index is 214. The van der Waals surface area contributed by atoms with Crippen LogP contribution in [0.1, 0.15) is 33.1 Å². The van der Waals surface area contributed by atoms with Crippen LogP contribution < -0.4 is 5.73 Å². The van der Waals surface area contributed by atoms with Crippen LogP contribution in [0.3, 0.4) is 0 Å². The Morgan fingerprint density at radius 3 is 2.31 bits per heavy atom. The number of likely N-dealkylation sites (tertiary alicyclic amines) is 1. The van der Waals surface area contributed by atoms with Crippen LogP contribution in [-0.2, 0) is 4.79 Å². The fourth-order valence-electron chi connectivity index (χ4n) is 2.04. The molecule has 0 aliphatic carbocycles. The van der Waals surface area contributed by atoms with Gasteiger partial charge in [-0.15, -0.1) is 12.4 Å². The van der Waals surface area contributed by atoms with E-state index in [1.807, 2.05) is 18.7 Å². The van der Waals surface area contributed by atoms with E-state index < -0.39 is 0 Å². The van der Waals surface area contributed by atoms with Gasteiger partial charge in [-0.1, -0.05) is 0 Å². The Balaban J connectivity index is 0.00000225. The Morgan fingerprint density at radius 2 is 1.94 bits per heavy atom. The van der Waals surface area contributed by atoms with E-state index in [0.29, 0.717) is 12.3 Å². The second-order valence-electron chi connectivity index (χ2n) is 4.64. The van der Waals surface area contributed by atoms with Gasteiger partial charge in [-0.25, -0.2) is 0 Å². The van der Waals surface area contributed by atoms with Crippen molar-refractivity contribution in [3.8, 4) is 0 Å². The second kappa shape index (κ2) is 7.09. The van der Waals surface area contributed by atoms with Gasteiger partial charge in [-0.05, 0) is 32.6 Å². The van der Waals surface area contributed by atoms with Crippen molar-refractivity contribution in [3.05, 3.63) is 0 Å². The van der Waals surface area contributed by atoms with E-state index in [4.69, 9.17) is 5.73 Å². The molecular formula is C11H23ClN2O2. The molecule has 16 heavy (non-hydrogen) atoms. The minimum absolute atomic E-state index is 0. The second-order valence-corrected chi connectivity index (χ2v) is 4.64. The van der Waals surface area contributed by atoms with Crippen LogP contribution in [0.25, 0.3) is 0 Å². The van der Waals surface area contributed by atoms with Gasteiger partial charge in [-0.3, -0.25) is 4.79 Å². The molecule has 0 aromatic carbocycles. The lowest BCUT2D eigenvalue weighted by Gasteiger charge is -2.33. The van der Waals surface area contributed by atoms with Gasteiger partial charge < -0.3 is 15.7 Å². The fourth-order valence-corrected chi connectivity index (χ4v) is 2.04. The molecule has 3 N–H and O–H groups in total. The van der Waals surface area contributed by atoms with Gasteiger partial charge in [0, 0.05) is 25.6 Å². The van der Waals surface area contributed by atoms with E-state index in [9.17, 15) is 9.90 Å². The molecule has 0 bridgehead atoms. The molecular weight excluding hydrogens is 228 g/mol. The average molecular weight is 251 g/mol. The highest BCUT2D eigenvalue weighted by Gasteiger charge is 2.25. The van der Waals surface area contributed by atoms with E-state index in [1.54, 1.807) is 0 Å². The van der Waals surface area contributed by atoms with Crippen molar-refractivity contribution in [2.24, 2.45) is 11.7 Å². The number of nitrogens with two attached hydrogens (primary N) is 1. The molecule has 2 atom stereocenters. The number of nitrogens with zero attached hydrogens (tertiary/aromatic N) is 1. The lowest BCUT2D eigenvalue weighted by Crippen LogP contribution is -2.42. The molecule has 1 heterocycles. The summed E-state index contributed by atoms with van der Waals surface area (Å²) in [5, 5.41) is 9.42.